The van der Waals surface area contributed by atoms with Crippen molar-refractivity contribution in [2.75, 3.05) is 0 Å². The number of nitrogens with zero attached hydrogens (tertiary/aromatic N) is 9. The van der Waals surface area contributed by atoms with Crippen molar-refractivity contribution in [1.29, 1.82) is 0 Å². The maximum atomic E-state index is 11.5. The predicted octanol–water partition coefficient (Wildman–Crippen LogP) is 3.89. The van der Waals surface area contributed by atoms with Gasteiger partial charge < -0.3 is 30.3 Å². The van der Waals surface area contributed by atoms with E-state index in [0.717, 1.165) is 0 Å². The standard InChI is InChI=1S/C21H29N9O6/c1-5-21(6-9-25-15(2)22-12-18(25)28(31)32,7-10-26-16(3)23-13-19(26)29(33)34)8-11-27-17(4)24-14-20(27)30(35)36/h12-14H,5-11H2,1-4H3. The molecular formula is C21H29N9O6. The Morgan fingerprint density at radius 1 is 0.667 bits per heavy atom. The van der Waals surface area contributed by atoms with Crippen LogP contribution in [0, 0.1) is 56.5 Å². The molecule has 3 aromatic heterocycles. The predicted molar refractivity (Wildman–Crippen MR) is 127 cm³/mol. The van der Waals surface area contributed by atoms with Crippen molar-refractivity contribution in [1.82, 2.24) is 28.7 Å². The minimum atomic E-state index is -0.482. The van der Waals surface area contributed by atoms with Gasteiger partial charge in [0.2, 0.25) is 0 Å². The molecule has 0 saturated heterocycles. The third kappa shape index (κ3) is 5.39. The molecule has 0 atom stereocenters. The summed E-state index contributed by atoms with van der Waals surface area (Å²) >= 11 is 0. The van der Waals surface area contributed by atoms with Gasteiger partial charge in [-0.1, -0.05) is 13.3 Å². The van der Waals surface area contributed by atoms with Crippen LogP contribution in [0.2, 0.25) is 0 Å². The van der Waals surface area contributed by atoms with E-state index in [1.54, 1.807) is 34.5 Å². The van der Waals surface area contributed by atoms with E-state index in [1.807, 2.05) is 6.92 Å². The van der Waals surface area contributed by atoms with Gasteiger partial charge in [-0.3, -0.25) is 0 Å². The molecule has 0 N–H and O–H groups in total. The first-order valence-electron chi connectivity index (χ1n) is 11.5. The van der Waals surface area contributed by atoms with E-state index >= 15 is 0 Å². The van der Waals surface area contributed by atoms with E-state index in [4.69, 9.17) is 0 Å². The molecule has 0 spiro atoms. The number of imidazole rings is 3. The zero-order chi connectivity index (χ0) is 26.6. The number of hydrogen-bond donors (Lipinski definition) is 0. The summed E-state index contributed by atoms with van der Waals surface area (Å²) in [7, 11) is 0. The summed E-state index contributed by atoms with van der Waals surface area (Å²) in [5.41, 5.74) is -0.445. The fourth-order valence-electron chi connectivity index (χ4n) is 4.59. The first-order chi connectivity index (χ1) is 17.0. The van der Waals surface area contributed by atoms with Crippen LogP contribution >= 0.6 is 0 Å². The van der Waals surface area contributed by atoms with Gasteiger partial charge in [-0.25, -0.2) is 28.7 Å². The Hall–Kier alpha value is -4.17. The topological polar surface area (TPSA) is 183 Å². The number of hydrogen-bond acceptors (Lipinski definition) is 9. The van der Waals surface area contributed by atoms with Gasteiger partial charge >= 0.3 is 17.5 Å². The number of nitro groups is 3. The lowest BCUT2D eigenvalue weighted by molar-refractivity contribution is -0.392. The number of rotatable bonds is 13. The Kier molecular flexibility index (Phi) is 7.80. The van der Waals surface area contributed by atoms with Crippen LogP contribution in [0.3, 0.4) is 0 Å². The normalized spacial score (nSPS) is 11.7. The first-order valence-corrected chi connectivity index (χ1v) is 11.5. The summed E-state index contributed by atoms with van der Waals surface area (Å²) in [5.74, 6) is 1.19. The van der Waals surface area contributed by atoms with Crippen LogP contribution < -0.4 is 0 Å². The third-order valence-corrected chi connectivity index (χ3v) is 7.01. The molecule has 0 aliphatic rings. The second-order valence-electron chi connectivity index (χ2n) is 8.82. The van der Waals surface area contributed by atoms with E-state index in [9.17, 15) is 30.3 Å². The van der Waals surface area contributed by atoms with Gasteiger partial charge in [-0.2, -0.15) is 0 Å². The van der Waals surface area contributed by atoms with Crippen molar-refractivity contribution in [3.8, 4) is 0 Å². The molecule has 0 aliphatic heterocycles. The van der Waals surface area contributed by atoms with Crippen molar-refractivity contribution in [3.05, 3.63) is 66.4 Å². The second-order valence-corrected chi connectivity index (χ2v) is 8.82. The maximum absolute atomic E-state index is 11.5. The third-order valence-electron chi connectivity index (χ3n) is 7.01. The van der Waals surface area contributed by atoms with E-state index in [1.165, 1.54) is 18.6 Å². The van der Waals surface area contributed by atoms with Crippen LogP contribution in [-0.4, -0.2) is 43.4 Å². The molecule has 194 valence electrons. The zero-order valence-electron chi connectivity index (χ0n) is 20.7. The molecule has 15 heteroatoms. The van der Waals surface area contributed by atoms with Crippen LogP contribution in [0.4, 0.5) is 17.5 Å². The summed E-state index contributed by atoms with van der Waals surface area (Å²) in [5, 5.41) is 34.4. The molecule has 0 saturated carbocycles. The van der Waals surface area contributed by atoms with Gasteiger partial charge in [0.05, 0.1) is 19.6 Å². The molecule has 0 aliphatic carbocycles. The first kappa shape index (κ1) is 26.4. The Morgan fingerprint density at radius 3 is 1.17 bits per heavy atom. The molecule has 0 aromatic carbocycles. The fraction of sp³-hybridized carbons (Fsp3) is 0.571. The lowest BCUT2D eigenvalue weighted by Gasteiger charge is -2.32. The smallest absolute Gasteiger partial charge is 0.342 e. The Balaban J connectivity index is 1.91. The van der Waals surface area contributed by atoms with Crippen LogP contribution in [0.15, 0.2) is 18.6 Å². The van der Waals surface area contributed by atoms with Gasteiger partial charge in [0.25, 0.3) is 0 Å². The lowest BCUT2D eigenvalue weighted by Crippen LogP contribution is -2.27. The van der Waals surface area contributed by atoms with Crippen molar-refractivity contribution in [2.24, 2.45) is 5.41 Å². The molecule has 0 bridgehead atoms. The summed E-state index contributed by atoms with van der Waals surface area (Å²) < 4.78 is 4.63. The van der Waals surface area contributed by atoms with Crippen LogP contribution in [0.5, 0.6) is 0 Å². The van der Waals surface area contributed by atoms with Gasteiger partial charge in [-0.05, 0) is 39.4 Å². The van der Waals surface area contributed by atoms with E-state index in [2.05, 4.69) is 15.0 Å². The van der Waals surface area contributed by atoms with Gasteiger partial charge in [-0.15, -0.1) is 0 Å². The fourth-order valence-corrected chi connectivity index (χ4v) is 4.59. The van der Waals surface area contributed by atoms with Crippen LogP contribution in [0.1, 0.15) is 50.1 Å². The number of aryl methyl sites for hydroxylation is 3. The molecular weight excluding hydrogens is 474 g/mol. The van der Waals surface area contributed by atoms with Crippen molar-refractivity contribution >= 4 is 17.5 Å². The highest BCUT2D eigenvalue weighted by molar-refractivity contribution is 5.20. The average molecular weight is 504 g/mol. The Bertz CT molecular complexity index is 1120. The highest BCUT2D eigenvalue weighted by Crippen LogP contribution is 2.38. The molecule has 0 radical (unpaired) electrons. The molecule has 0 fully saturated rings. The molecule has 3 aromatic rings. The summed E-state index contributed by atoms with van der Waals surface area (Å²) in [6, 6.07) is 0. The van der Waals surface area contributed by atoms with Crippen molar-refractivity contribution in [3.63, 3.8) is 0 Å². The van der Waals surface area contributed by atoms with Gasteiger partial charge in [0.15, 0.2) is 17.5 Å². The minimum Gasteiger partial charge on any atom is -0.358 e. The summed E-state index contributed by atoms with van der Waals surface area (Å²) in [4.78, 5) is 45.2. The SMILES string of the molecule is CCC(CCn1c([N+](=O)[O-])cnc1C)(CCn1c([N+](=O)[O-])cnc1C)CCn1c([N+](=O)[O-])cnc1C. The van der Waals surface area contributed by atoms with E-state index in [-0.39, 0.29) is 17.5 Å². The van der Waals surface area contributed by atoms with Gasteiger partial charge in [0.1, 0.15) is 18.6 Å². The average Bonchev–Trinajstić information content (AvgIpc) is 3.50. The molecule has 3 rings (SSSR count). The molecule has 0 amide bonds. The van der Waals surface area contributed by atoms with E-state index in [0.29, 0.717) is 62.8 Å². The van der Waals surface area contributed by atoms with Crippen LogP contribution in [-0.2, 0) is 19.6 Å². The van der Waals surface area contributed by atoms with E-state index < -0.39 is 20.2 Å². The molecule has 0 unspecified atom stereocenters. The maximum Gasteiger partial charge on any atom is 0.342 e. The zero-order valence-corrected chi connectivity index (χ0v) is 20.7. The van der Waals surface area contributed by atoms with Crippen LogP contribution in [0.25, 0.3) is 0 Å². The Morgan fingerprint density at radius 2 is 0.944 bits per heavy atom. The second kappa shape index (κ2) is 10.6. The molecule has 3 heterocycles. The lowest BCUT2D eigenvalue weighted by atomic mass is 9.75. The molecule has 15 nitrogen and oxygen atoms in total. The summed E-state index contributed by atoms with van der Waals surface area (Å²) in [6.45, 7) is 7.99. The van der Waals surface area contributed by atoms with Crippen molar-refractivity contribution < 1.29 is 14.8 Å². The molecule has 36 heavy (non-hydrogen) atoms. The van der Waals surface area contributed by atoms with Crippen molar-refractivity contribution in [2.45, 2.75) is 73.0 Å². The quantitative estimate of drug-likeness (QED) is 0.246. The van der Waals surface area contributed by atoms with Gasteiger partial charge in [0, 0.05) is 20.8 Å². The number of aromatic nitrogens is 6. The highest BCUT2D eigenvalue weighted by Gasteiger charge is 2.34. The largest absolute Gasteiger partial charge is 0.358 e. The minimum absolute atomic E-state index is 0.111. The summed E-state index contributed by atoms with van der Waals surface area (Å²) in [6.07, 6.45) is 5.83. The monoisotopic (exact) mass is 503 g/mol. The highest BCUT2D eigenvalue weighted by atomic mass is 16.6. The Labute approximate surface area is 206 Å².